The molecule has 0 bridgehead atoms. The molecule has 0 radical (unpaired) electrons. The van der Waals surface area contributed by atoms with E-state index in [1.807, 2.05) is 24.3 Å². The number of ether oxygens (including phenoxy) is 2. The molecule has 4 nitrogen and oxygen atoms in total. The van der Waals surface area contributed by atoms with E-state index in [2.05, 4.69) is 5.32 Å². The summed E-state index contributed by atoms with van der Waals surface area (Å²) in [5, 5.41) is 3.16. The van der Waals surface area contributed by atoms with Crippen LogP contribution in [0.1, 0.15) is 18.1 Å². The minimum absolute atomic E-state index is 0.244. The van der Waals surface area contributed by atoms with Crippen LogP contribution in [0.2, 0.25) is 0 Å². The number of hydrogen-bond donors (Lipinski definition) is 1. The molecular formula is C13H17NO3. The summed E-state index contributed by atoms with van der Waals surface area (Å²) in [7, 11) is 0. The normalized spacial score (nSPS) is 19.9. The van der Waals surface area contributed by atoms with E-state index in [0.29, 0.717) is 26.4 Å². The Kier molecular flexibility index (Phi) is 4.12. The van der Waals surface area contributed by atoms with Gasteiger partial charge in [-0.2, -0.15) is 0 Å². The van der Waals surface area contributed by atoms with E-state index < -0.39 is 0 Å². The summed E-state index contributed by atoms with van der Waals surface area (Å²) in [6, 6.07) is 7.69. The van der Waals surface area contributed by atoms with Crippen LogP contribution in [0.15, 0.2) is 24.3 Å². The highest BCUT2D eigenvalue weighted by molar-refractivity contribution is 5.76. The molecule has 17 heavy (non-hydrogen) atoms. The summed E-state index contributed by atoms with van der Waals surface area (Å²) in [6.45, 7) is 3.77. The number of fused-ring (bicyclic) bond motifs is 1. The Morgan fingerprint density at radius 1 is 1.47 bits per heavy atom. The van der Waals surface area contributed by atoms with E-state index in [0.717, 1.165) is 0 Å². The Hall–Kier alpha value is -1.39. The molecule has 0 aromatic heterocycles. The third kappa shape index (κ3) is 3.05. The lowest BCUT2D eigenvalue weighted by Gasteiger charge is -2.21. The average Bonchev–Trinajstić information content (AvgIpc) is 2.30. The maximum Gasteiger partial charge on any atom is 0.325 e. The highest BCUT2D eigenvalue weighted by Crippen LogP contribution is 2.13. The van der Waals surface area contributed by atoms with Crippen LogP contribution in [-0.2, 0) is 27.4 Å². The van der Waals surface area contributed by atoms with Crippen LogP contribution in [0, 0.1) is 0 Å². The fraction of sp³-hybridized carbons (Fsp3) is 0.462. The summed E-state index contributed by atoms with van der Waals surface area (Å²) in [4.78, 5) is 11.6. The second-order valence-corrected chi connectivity index (χ2v) is 3.97. The number of nitrogens with one attached hydrogen (secondary N) is 1. The predicted molar refractivity (Wildman–Crippen MR) is 63.4 cm³/mol. The maximum absolute atomic E-state index is 11.6. The smallest absolute Gasteiger partial charge is 0.325 e. The molecule has 1 atom stereocenters. The number of carbonyl (C=O) groups excluding carboxylic acids is 1. The van der Waals surface area contributed by atoms with Crippen LogP contribution in [0.25, 0.3) is 0 Å². The van der Waals surface area contributed by atoms with E-state index in [4.69, 9.17) is 9.47 Å². The molecule has 0 fully saturated rings. The average molecular weight is 235 g/mol. The van der Waals surface area contributed by atoms with Crippen molar-refractivity contribution in [2.45, 2.75) is 26.1 Å². The van der Waals surface area contributed by atoms with Crippen LogP contribution < -0.4 is 5.32 Å². The Balaban J connectivity index is 2.04. The molecule has 1 N–H and O–H groups in total. The van der Waals surface area contributed by atoms with Crippen LogP contribution in [0.5, 0.6) is 0 Å². The molecule has 1 aromatic rings. The number of rotatable bonds is 2. The lowest BCUT2D eigenvalue weighted by atomic mass is 10.1. The van der Waals surface area contributed by atoms with Gasteiger partial charge in [0.1, 0.15) is 6.04 Å². The molecule has 0 saturated carbocycles. The van der Waals surface area contributed by atoms with Crippen molar-refractivity contribution in [2.75, 3.05) is 13.2 Å². The molecule has 2 rings (SSSR count). The first kappa shape index (κ1) is 12.1. The lowest BCUT2D eigenvalue weighted by molar-refractivity contribution is -0.147. The molecule has 1 aliphatic heterocycles. The summed E-state index contributed by atoms with van der Waals surface area (Å²) in [6.07, 6.45) is 0. The van der Waals surface area contributed by atoms with E-state index in [9.17, 15) is 4.79 Å². The first-order valence-electron chi connectivity index (χ1n) is 5.85. The zero-order valence-electron chi connectivity index (χ0n) is 9.94. The van der Waals surface area contributed by atoms with Gasteiger partial charge in [-0.1, -0.05) is 24.3 Å². The Labute approximate surface area is 101 Å². The van der Waals surface area contributed by atoms with Crippen molar-refractivity contribution in [2.24, 2.45) is 0 Å². The Morgan fingerprint density at radius 3 is 3.00 bits per heavy atom. The van der Waals surface area contributed by atoms with Gasteiger partial charge in [0, 0.05) is 6.54 Å². The van der Waals surface area contributed by atoms with E-state index in [-0.39, 0.29) is 12.0 Å². The van der Waals surface area contributed by atoms with Gasteiger partial charge in [0.15, 0.2) is 0 Å². The third-order valence-electron chi connectivity index (χ3n) is 2.77. The number of carbonyl (C=O) groups is 1. The zero-order valence-corrected chi connectivity index (χ0v) is 9.94. The second-order valence-electron chi connectivity index (χ2n) is 3.97. The zero-order chi connectivity index (χ0) is 12.1. The van der Waals surface area contributed by atoms with Crippen LogP contribution in [-0.4, -0.2) is 25.2 Å². The number of benzene rings is 1. The molecular weight excluding hydrogens is 218 g/mol. The quantitative estimate of drug-likeness (QED) is 0.783. The van der Waals surface area contributed by atoms with Crippen molar-refractivity contribution >= 4 is 5.97 Å². The van der Waals surface area contributed by atoms with Gasteiger partial charge in [0.05, 0.1) is 19.8 Å². The predicted octanol–water partition coefficient (Wildman–Crippen LogP) is 1.24. The van der Waals surface area contributed by atoms with E-state index in [1.165, 1.54) is 11.1 Å². The van der Waals surface area contributed by atoms with Gasteiger partial charge in [0.2, 0.25) is 0 Å². The van der Waals surface area contributed by atoms with Crippen LogP contribution >= 0.6 is 0 Å². The fourth-order valence-corrected chi connectivity index (χ4v) is 1.84. The van der Waals surface area contributed by atoms with Gasteiger partial charge in [-0.25, -0.2) is 0 Å². The molecule has 0 saturated heterocycles. The van der Waals surface area contributed by atoms with Crippen LogP contribution in [0.4, 0.5) is 0 Å². The molecule has 1 unspecified atom stereocenters. The topological polar surface area (TPSA) is 47.6 Å². The minimum Gasteiger partial charge on any atom is -0.465 e. The van der Waals surface area contributed by atoms with Gasteiger partial charge >= 0.3 is 5.97 Å². The Bertz CT molecular complexity index is 392. The molecule has 92 valence electrons. The maximum atomic E-state index is 11.6. The van der Waals surface area contributed by atoms with Crippen molar-refractivity contribution < 1.29 is 14.3 Å². The standard InChI is InChI=1S/C13H17NO3/c1-2-17-13(15)12-9-16-8-11-6-4-3-5-10(11)7-14-12/h3-6,12,14H,2,7-9H2,1H3. The minimum atomic E-state index is -0.372. The summed E-state index contributed by atoms with van der Waals surface area (Å²) in [5.74, 6) is -0.244. The van der Waals surface area contributed by atoms with E-state index >= 15 is 0 Å². The highest BCUT2D eigenvalue weighted by atomic mass is 16.5. The molecule has 1 heterocycles. The SMILES string of the molecule is CCOC(=O)C1COCc2ccccc2CN1. The third-order valence-corrected chi connectivity index (χ3v) is 2.77. The number of esters is 1. The largest absolute Gasteiger partial charge is 0.465 e. The van der Waals surface area contributed by atoms with Gasteiger partial charge in [-0.15, -0.1) is 0 Å². The number of hydrogen-bond acceptors (Lipinski definition) is 4. The fourth-order valence-electron chi connectivity index (χ4n) is 1.84. The summed E-state index contributed by atoms with van der Waals surface area (Å²) >= 11 is 0. The Morgan fingerprint density at radius 2 is 2.24 bits per heavy atom. The van der Waals surface area contributed by atoms with Gasteiger partial charge in [0.25, 0.3) is 0 Å². The molecule has 1 aromatic carbocycles. The second kappa shape index (κ2) is 5.80. The van der Waals surface area contributed by atoms with Gasteiger partial charge in [-0.3, -0.25) is 10.1 Å². The van der Waals surface area contributed by atoms with Crippen LogP contribution in [0.3, 0.4) is 0 Å². The highest BCUT2D eigenvalue weighted by Gasteiger charge is 2.21. The van der Waals surface area contributed by atoms with Gasteiger partial charge in [-0.05, 0) is 18.1 Å². The monoisotopic (exact) mass is 235 g/mol. The first-order chi connectivity index (χ1) is 8.31. The van der Waals surface area contributed by atoms with Crippen molar-refractivity contribution in [3.63, 3.8) is 0 Å². The molecule has 1 aliphatic rings. The van der Waals surface area contributed by atoms with Crippen molar-refractivity contribution in [3.8, 4) is 0 Å². The summed E-state index contributed by atoms with van der Waals surface area (Å²) in [5.41, 5.74) is 2.34. The molecule has 4 heteroatoms. The van der Waals surface area contributed by atoms with Crippen molar-refractivity contribution in [1.29, 1.82) is 0 Å². The van der Waals surface area contributed by atoms with Gasteiger partial charge < -0.3 is 9.47 Å². The van der Waals surface area contributed by atoms with Crippen molar-refractivity contribution in [3.05, 3.63) is 35.4 Å². The lowest BCUT2D eigenvalue weighted by Crippen LogP contribution is -2.42. The van der Waals surface area contributed by atoms with E-state index in [1.54, 1.807) is 6.92 Å². The molecule has 0 aliphatic carbocycles. The first-order valence-corrected chi connectivity index (χ1v) is 5.85. The summed E-state index contributed by atoms with van der Waals surface area (Å²) < 4.78 is 10.5. The molecule has 0 spiro atoms. The molecule has 0 amide bonds. The van der Waals surface area contributed by atoms with Crippen molar-refractivity contribution in [1.82, 2.24) is 5.32 Å².